The topological polar surface area (TPSA) is 49.4 Å². The van der Waals surface area contributed by atoms with Crippen LogP contribution in [0.3, 0.4) is 0 Å². The minimum absolute atomic E-state index is 0.149. The van der Waals surface area contributed by atoms with Gasteiger partial charge in [-0.15, -0.1) is 18.0 Å². The fourth-order valence-electron chi connectivity index (χ4n) is 1.01. The zero-order valence-corrected chi connectivity index (χ0v) is 20.5. The van der Waals surface area contributed by atoms with Crippen LogP contribution in [0, 0.1) is 0 Å². The normalized spacial score (nSPS) is 12.8. The first kappa shape index (κ1) is 28.1. The summed E-state index contributed by atoms with van der Waals surface area (Å²) >= 11 is 13.0. The Balaban J connectivity index is -0.000000252. The Morgan fingerprint density at radius 2 is 1.68 bits per heavy atom. The van der Waals surface area contributed by atoms with Crippen LogP contribution in [-0.2, 0) is 33.4 Å². The first-order chi connectivity index (χ1) is 10.1. The van der Waals surface area contributed by atoms with Gasteiger partial charge in [-0.1, -0.05) is 18.7 Å². The summed E-state index contributed by atoms with van der Waals surface area (Å²) in [4.78, 5) is 9.98. The third kappa shape index (κ3) is 42.9. The van der Waals surface area contributed by atoms with Crippen molar-refractivity contribution in [2.24, 2.45) is 0 Å². The Hall–Kier alpha value is 1.32. The van der Waals surface area contributed by atoms with Gasteiger partial charge in [0.1, 0.15) is 0 Å². The van der Waals surface area contributed by atoms with Gasteiger partial charge in [0.25, 0.3) is 0 Å². The minimum Gasteiger partial charge on any atom is -0.709 e. The molecule has 0 aromatic heterocycles. The number of unbranched alkanes of at least 4 members (excludes halogenated alkanes) is 2. The maximum Gasteiger partial charge on any atom is 0.0393 e. The molecule has 0 aromatic rings. The quantitative estimate of drug-likeness (QED) is 0.104. The van der Waals surface area contributed by atoms with Crippen molar-refractivity contribution in [2.45, 2.75) is 62.3 Å². The molecule has 0 rings (SSSR count). The van der Waals surface area contributed by atoms with E-state index in [1.807, 2.05) is 0 Å². The molecule has 0 saturated heterocycles. The molecule has 130 valence electrons. The molecule has 0 spiro atoms. The predicted octanol–water partition coefficient (Wildman–Crippen LogP) is 4.30. The Morgan fingerprint density at radius 3 is 1.82 bits per heavy atom. The van der Waals surface area contributed by atoms with E-state index >= 15 is 0 Å². The van der Waals surface area contributed by atoms with E-state index in [-0.39, 0.29) is 32.7 Å². The second kappa shape index (κ2) is 20.4. The maximum atomic E-state index is 9.98. The van der Waals surface area contributed by atoms with Crippen LogP contribution >= 0.6 is 16.9 Å². The van der Waals surface area contributed by atoms with E-state index in [4.69, 9.17) is 0 Å². The van der Waals surface area contributed by atoms with Crippen molar-refractivity contribution in [1.29, 1.82) is 0 Å². The van der Waals surface area contributed by atoms with Gasteiger partial charge in [0.2, 0.25) is 0 Å². The summed E-state index contributed by atoms with van der Waals surface area (Å²) in [5.41, 5.74) is 0. The van der Waals surface area contributed by atoms with Crippen LogP contribution in [-0.4, -0.2) is 34.0 Å². The molecule has 3 nitrogen and oxygen atoms in total. The number of carbonyl (C=O) groups excluding carboxylic acids is 1. The van der Waals surface area contributed by atoms with Crippen molar-refractivity contribution in [3.8, 4) is 0 Å². The van der Waals surface area contributed by atoms with Gasteiger partial charge in [0.15, 0.2) is 5.78 Å². The van der Waals surface area contributed by atoms with Gasteiger partial charge in [-0.2, -0.15) is 0 Å². The molecule has 0 aliphatic rings. The fraction of sp³-hybridized carbons (Fsp3) is 0.786. The third-order valence-electron chi connectivity index (χ3n) is 2.05. The van der Waals surface area contributed by atoms with Gasteiger partial charge in [0.05, 0.1) is 0 Å². The van der Waals surface area contributed by atoms with Crippen molar-refractivity contribution in [2.75, 3.05) is 7.11 Å². The number of rotatable bonds is 8. The third-order valence-corrected chi connectivity index (χ3v) is 7.93. The van der Waals surface area contributed by atoms with Crippen molar-refractivity contribution >= 4 is 67.9 Å². The Morgan fingerprint density at radius 1 is 1.32 bits per heavy atom. The number of ketones is 1. The van der Waals surface area contributed by atoms with Crippen LogP contribution in [0.15, 0.2) is 11.8 Å². The summed E-state index contributed by atoms with van der Waals surface area (Å²) in [5, 5.41) is 9.98. The van der Waals surface area contributed by atoms with Gasteiger partial charge in [0, 0.05) is 7.11 Å². The molecule has 0 heterocycles. The molecule has 0 aromatic carbocycles. The smallest absolute Gasteiger partial charge is 0.0393 e. The first-order valence-corrected chi connectivity index (χ1v) is 16.2. The van der Waals surface area contributed by atoms with Crippen molar-refractivity contribution in [3.05, 3.63) is 11.8 Å². The molecule has 0 aliphatic heterocycles. The summed E-state index contributed by atoms with van der Waals surface area (Å²) < 4.78 is 5.76. The fourth-order valence-corrected chi connectivity index (χ4v) is 5.17. The zero-order valence-electron chi connectivity index (χ0n) is 14.3. The number of allylic oxidation sites excluding steroid dienone is 2. The van der Waals surface area contributed by atoms with Gasteiger partial charge in [-0.25, -0.2) is 0 Å². The molecule has 1 unspecified atom stereocenters. The number of hydrogen-bond donors (Lipinski definition) is 1. The second-order valence-corrected chi connectivity index (χ2v) is 17.1. The number of carbonyl (C=O) groups is 1. The largest absolute Gasteiger partial charge is 0.709 e. The van der Waals surface area contributed by atoms with E-state index in [2.05, 4.69) is 54.7 Å². The van der Waals surface area contributed by atoms with Crippen LogP contribution < -0.4 is 5.11 Å². The zero-order chi connectivity index (χ0) is 18.0. The van der Waals surface area contributed by atoms with Crippen molar-refractivity contribution in [1.82, 2.24) is 0 Å². The van der Waals surface area contributed by atoms with Crippen LogP contribution in [0.5, 0.6) is 0 Å². The average molecular weight is 491 g/mol. The summed E-state index contributed by atoms with van der Waals surface area (Å²) in [6, 6.07) is 0. The summed E-state index contributed by atoms with van der Waals surface area (Å²) in [7, 11) is 1.47. The Kier molecular flexibility index (Phi) is 26.0. The molecule has 0 radical (unpaired) electrons. The van der Waals surface area contributed by atoms with E-state index in [1.165, 1.54) is 46.6 Å². The Bertz CT molecular complexity index is 323. The molecule has 0 aliphatic carbocycles. The monoisotopic (exact) mass is 492 g/mol. The Labute approximate surface area is 162 Å². The molecule has 0 N–H and O–H groups in total. The predicted molar refractivity (Wildman–Crippen MR) is 107 cm³/mol. The molecule has 0 saturated carbocycles. The summed E-state index contributed by atoms with van der Waals surface area (Å²) in [6.45, 7) is 7.28. The summed E-state index contributed by atoms with van der Waals surface area (Å²) in [6.07, 6.45) is 6.89. The van der Waals surface area contributed by atoms with E-state index in [1.54, 1.807) is 8.87 Å². The molecule has 0 fully saturated rings. The second-order valence-electron chi connectivity index (χ2n) is 4.47. The van der Waals surface area contributed by atoms with Gasteiger partial charge >= 0.3 is 69.5 Å². The molecular formula is C14H29O3PS3Sn. The first-order valence-electron chi connectivity index (χ1n) is 7.26. The van der Waals surface area contributed by atoms with Crippen molar-refractivity contribution < 1.29 is 14.4 Å². The SMILES string of the molecule is CC(=O)/C=C(\C)[O-].CCC[CH2][Sn+2][CH2]CCC.COP(=S)([S-])S. The van der Waals surface area contributed by atoms with Crippen LogP contribution in [0.2, 0.25) is 8.87 Å². The minimum atomic E-state index is -2.04. The average Bonchev–Trinajstić information content (AvgIpc) is 2.38. The standard InChI is InChI=1S/C5H8O2.2C4H9.CH5OPS3.Sn/c1-4(6)3-5(2)7;2*1-3-4-2;1-2-3(4,5)6;/h3,6H,1-2H3;2*1,3-4H2,2H3;1H3,(H2,4,5,6);/q;;;;+2/p-2/b4-3+;;;;. The van der Waals surface area contributed by atoms with Crippen LogP contribution in [0.1, 0.15) is 53.4 Å². The summed E-state index contributed by atoms with van der Waals surface area (Å²) in [5.74, 6) is -0.375. The molecule has 1 atom stereocenters. The van der Waals surface area contributed by atoms with Crippen LogP contribution in [0.25, 0.3) is 0 Å². The number of hydrogen-bond acceptors (Lipinski definition) is 5. The maximum absolute atomic E-state index is 9.98. The van der Waals surface area contributed by atoms with E-state index in [0.717, 1.165) is 6.08 Å². The van der Waals surface area contributed by atoms with Gasteiger partial charge in [-0.3, -0.25) is 4.79 Å². The van der Waals surface area contributed by atoms with Crippen molar-refractivity contribution in [3.63, 3.8) is 0 Å². The molecule has 8 heteroatoms. The molecule has 0 amide bonds. The van der Waals surface area contributed by atoms with Gasteiger partial charge in [-0.05, 0) is 17.7 Å². The molecule has 22 heavy (non-hydrogen) atoms. The molecule has 0 bridgehead atoms. The van der Waals surface area contributed by atoms with Crippen LogP contribution in [0.4, 0.5) is 0 Å². The van der Waals surface area contributed by atoms with E-state index in [9.17, 15) is 9.90 Å². The number of thiol groups is 1. The van der Waals surface area contributed by atoms with E-state index in [0.29, 0.717) is 0 Å². The van der Waals surface area contributed by atoms with Gasteiger partial charge < -0.3 is 21.9 Å². The molecular weight excluding hydrogens is 462 g/mol. The van der Waals surface area contributed by atoms with E-state index < -0.39 is 4.67 Å².